The van der Waals surface area contributed by atoms with Gasteiger partial charge in [0.1, 0.15) is 17.2 Å². The molecule has 36 heavy (non-hydrogen) atoms. The zero-order chi connectivity index (χ0) is 25.3. The second kappa shape index (κ2) is 11.5. The lowest BCUT2D eigenvalue weighted by molar-refractivity contribution is 0.104. The predicted octanol–water partition coefficient (Wildman–Crippen LogP) is 6.94. The summed E-state index contributed by atoms with van der Waals surface area (Å²) in [6.07, 6.45) is 2.46. The molecule has 4 rings (SSSR count). The Bertz CT molecular complexity index is 1330. The highest BCUT2D eigenvalue weighted by Crippen LogP contribution is 2.29. The Hall–Kier alpha value is -4.84. The van der Waals surface area contributed by atoms with Gasteiger partial charge in [0.2, 0.25) is 0 Å². The normalized spacial score (nSPS) is 10.6. The molecule has 0 aliphatic carbocycles. The minimum absolute atomic E-state index is 0.258. The topological polar surface area (TPSA) is 65.1 Å². The molecule has 6 nitrogen and oxygen atoms in total. The van der Waals surface area contributed by atoms with Crippen LogP contribution in [0.5, 0.6) is 17.2 Å². The molecular formula is C30H25NO5. The number of rotatable bonds is 8. The molecule has 0 radical (unpaired) electrons. The van der Waals surface area contributed by atoms with Gasteiger partial charge in [-0.05, 0) is 54.6 Å². The number of hydrogen-bond acceptors (Lipinski definition) is 5. The van der Waals surface area contributed by atoms with Gasteiger partial charge in [0.15, 0.2) is 5.78 Å². The molecule has 0 aromatic heterocycles. The number of anilines is 2. The summed E-state index contributed by atoms with van der Waals surface area (Å²) in [6.45, 7) is 0. The number of ketones is 1. The molecule has 1 amide bonds. The van der Waals surface area contributed by atoms with E-state index in [1.165, 1.54) is 18.1 Å². The van der Waals surface area contributed by atoms with E-state index in [4.69, 9.17) is 14.2 Å². The zero-order valence-electron chi connectivity index (χ0n) is 20.0. The molecule has 0 N–H and O–H groups in total. The molecule has 4 aromatic rings. The summed E-state index contributed by atoms with van der Waals surface area (Å²) in [4.78, 5) is 27.7. The third kappa shape index (κ3) is 5.62. The van der Waals surface area contributed by atoms with Gasteiger partial charge < -0.3 is 14.2 Å². The van der Waals surface area contributed by atoms with Gasteiger partial charge in [-0.25, -0.2) is 9.69 Å². The maximum absolute atomic E-state index is 13.4. The Kier molecular flexibility index (Phi) is 7.78. The molecule has 0 spiro atoms. The van der Waals surface area contributed by atoms with Gasteiger partial charge in [0.25, 0.3) is 0 Å². The first-order valence-corrected chi connectivity index (χ1v) is 11.3. The number of benzene rings is 4. The Morgan fingerprint density at radius 1 is 0.694 bits per heavy atom. The number of para-hydroxylation sites is 3. The fraction of sp³-hybridized carbons (Fsp3) is 0.0667. The first-order valence-electron chi connectivity index (χ1n) is 11.3. The quantitative estimate of drug-likeness (QED) is 0.202. The van der Waals surface area contributed by atoms with Crippen molar-refractivity contribution < 1.29 is 23.8 Å². The van der Waals surface area contributed by atoms with Crippen LogP contribution < -0.4 is 19.1 Å². The van der Waals surface area contributed by atoms with Crippen molar-refractivity contribution in [2.75, 3.05) is 19.1 Å². The molecule has 0 bridgehead atoms. The Balaban J connectivity index is 1.59. The minimum atomic E-state index is -0.573. The third-order valence-corrected chi connectivity index (χ3v) is 5.42. The van der Waals surface area contributed by atoms with E-state index in [2.05, 4.69) is 0 Å². The van der Waals surface area contributed by atoms with E-state index in [-0.39, 0.29) is 5.78 Å². The van der Waals surface area contributed by atoms with Crippen LogP contribution in [0.2, 0.25) is 0 Å². The lowest BCUT2D eigenvalue weighted by atomic mass is 10.1. The summed E-state index contributed by atoms with van der Waals surface area (Å²) in [7, 11) is 3.04. The van der Waals surface area contributed by atoms with Crippen molar-refractivity contribution >= 4 is 29.3 Å². The van der Waals surface area contributed by atoms with Crippen molar-refractivity contribution in [2.45, 2.75) is 0 Å². The van der Waals surface area contributed by atoms with Gasteiger partial charge in [-0.2, -0.15) is 0 Å². The van der Waals surface area contributed by atoms with Crippen LogP contribution in [0.25, 0.3) is 6.08 Å². The average molecular weight is 480 g/mol. The lowest BCUT2D eigenvalue weighted by Crippen LogP contribution is -2.29. The Labute approximate surface area is 210 Å². The predicted molar refractivity (Wildman–Crippen MR) is 140 cm³/mol. The fourth-order valence-corrected chi connectivity index (χ4v) is 3.62. The van der Waals surface area contributed by atoms with Gasteiger partial charge >= 0.3 is 6.09 Å². The number of ether oxygens (including phenoxy) is 3. The maximum atomic E-state index is 13.4. The van der Waals surface area contributed by atoms with E-state index in [9.17, 15) is 9.59 Å². The van der Waals surface area contributed by atoms with Crippen LogP contribution in [-0.4, -0.2) is 26.1 Å². The van der Waals surface area contributed by atoms with Gasteiger partial charge in [0.05, 0.1) is 31.2 Å². The molecule has 0 saturated carbocycles. The lowest BCUT2D eigenvalue weighted by Gasteiger charge is -2.22. The number of carbonyl (C=O) groups excluding carboxylic acids is 2. The molecule has 0 heterocycles. The summed E-state index contributed by atoms with van der Waals surface area (Å²) >= 11 is 0. The number of methoxy groups -OCH3 is 2. The summed E-state index contributed by atoms with van der Waals surface area (Å²) in [5, 5.41) is 0. The van der Waals surface area contributed by atoms with Crippen molar-refractivity contribution in [3.8, 4) is 17.2 Å². The highest BCUT2D eigenvalue weighted by atomic mass is 16.6. The fourth-order valence-electron chi connectivity index (χ4n) is 3.62. The average Bonchev–Trinajstić information content (AvgIpc) is 2.93. The van der Waals surface area contributed by atoms with Crippen LogP contribution >= 0.6 is 0 Å². The number of allylic oxidation sites excluding steroid dienone is 1. The largest absolute Gasteiger partial charge is 0.497 e. The number of carbonyl (C=O) groups is 2. The van der Waals surface area contributed by atoms with Crippen LogP contribution in [0, 0.1) is 0 Å². The highest BCUT2D eigenvalue weighted by Gasteiger charge is 2.21. The van der Waals surface area contributed by atoms with Crippen molar-refractivity contribution in [3.05, 3.63) is 120 Å². The third-order valence-electron chi connectivity index (χ3n) is 5.42. The van der Waals surface area contributed by atoms with Crippen LogP contribution in [0.15, 0.2) is 109 Å². The molecule has 0 unspecified atom stereocenters. The van der Waals surface area contributed by atoms with E-state index in [1.807, 2.05) is 66.7 Å². The summed E-state index contributed by atoms with van der Waals surface area (Å²) in [6, 6.07) is 30.5. The van der Waals surface area contributed by atoms with E-state index in [1.54, 1.807) is 49.6 Å². The molecule has 0 aliphatic heterocycles. The van der Waals surface area contributed by atoms with E-state index >= 15 is 0 Å². The smallest absolute Gasteiger partial charge is 0.424 e. The van der Waals surface area contributed by atoms with Crippen LogP contribution in [0.3, 0.4) is 0 Å². The van der Waals surface area contributed by atoms with Crippen LogP contribution in [0.4, 0.5) is 16.2 Å². The molecular weight excluding hydrogens is 454 g/mol. The second-order valence-electron chi connectivity index (χ2n) is 7.68. The minimum Gasteiger partial charge on any atom is -0.497 e. The van der Waals surface area contributed by atoms with E-state index in [0.717, 1.165) is 0 Å². The van der Waals surface area contributed by atoms with E-state index in [0.29, 0.717) is 39.8 Å². The molecule has 180 valence electrons. The van der Waals surface area contributed by atoms with Gasteiger partial charge in [0, 0.05) is 11.6 Å². The van der Waals surface area contributed by atoms with Crippen LogP contribution in [-0.2, 0) is 0 Å². The molecule has 6 heteroatoms. The zero-order valence-corrected chi connectivity index (χ0v) is 20.0. The molecule has 0 saturated heterocycles. The van der Waals surface area contributed by atoms with Crippen LogP contribution in [0.1, 0.15) is 15.9 Å². The van der Waals surface area contributed by atoms with Gasteiger partial charge in [-0.3, -0.25) is 4.79 Å². The van der Waals surface area contributed by atoms with Crippen molar-refractivity contribution in [2.24, 2.45) is 0 Å². The molecule has 0 aliphatic rings. The maximum Gasteiger partial charge on any atom is 0.424 e. The first kappa shape index (κ1) is 24.3. The standard InChI is InChI=1S/C30H25NO5/c1-34-25-18-19-26(29(21-25)35-2)27(32)20-17-22-11-9-10-16-28(22)36-30(33)31(23-12-5-3-6-13-23)24-14-7-4-8-15-24/h3-21H,1-2H3. The number of amides is 1. The first-order chi connectivity index (χ1) is 17.6. The summed E-state index contributed by atoms with van der Waals surface area (Å²) in [5.41, 5.74) is 2.31. The van der Waals surface area contributed by atoms with Crippen molar-refractivity contribution in [3.63, 3.8) is 0 Å². The SMILES string of the molecule is COc1ccc(C(=O)C=Cc2ccccc2OC(=O)N(c2ccccc2)c2ccccc2)c(OC)c1. The molecule has 0 atom stereocenters. The highest BCUT2D eigenvalue weighted by molar-refractivity contribution is 6.09. The van der Waals surface area contributed by atoms with Gasteiger partial charge in [-0.15, -0.1) is 0 Å². The number of hydrogen-bond donors (Lipinski definition) is 0. The summed E-state index contributed by atoms with van der Waals surface area (Å²) in [5.74, 6) is 1.06. The number of nitrogens with zero attached hydrogens (tertiary/aromatic N) is 1. The molecule has 0 fully saturated rings. The second-order valence-corrected chi connectivity index (χ2v) is 7.68. The monoisotopic (exact) mass is 479 g/mol. The Morgan fingerprint density at radius 2 is 1.31 bits per heavy atom. The van der Waals surface area contributed by atoms with Crippen molar-refractivity contribution in [1.29, 1.82) is 0 Å². The van der Waals surface area contributed by atoms with Crippen molar-refractivity contribution in [1.82, 2.24) is 0 Å². The Morgan fingerprint density at radius 3 is 1.92 bits per heavy atom. The summed E-state index contributed by atoms with van der Waals surface area (Å²) < 4.78 is 16.3. The van der Waals surface area contributed by atoms with E-state index < -0.39 is 6.09 Å². The van der Waals surface area contributed by atoms with Gasteiger partial charge in [-0.1, -0.05) is 54.6 Å². The molecule has 4 aromatic carbocycles.